The molecule has 3 aromatic heterocycles. The molecule has 1 saturated heterocycles. The molecule has 0 spiro atoms. The summed E-state index contributed by atoms with van der Waals surface area (Å²) >= 11 is 5.88. The largest absolute Gasteiger partial charge is 0.467 e. The zero-order valence-corrected chi connectivity index (χ0v) is 20.2. The summed E-state index contributed by atoms with van der Waals surface area (Å²) in [6.07, 6.45) is 5.59. The van der Waals surface area contributed by atoms with Crippen molar-refractivity contribution in [2.45, 2.75) is 18.6 Å². The number of hydrogen-bond acceptors (Lipinski definition) is 4. The molecule has 0 radical (unpaired) electrons. The predicted octanol–water partition coefficient (Wildman–Crippen LogP) is 6.49. The second-order valence-corrected chi connectivity index (χ2v) is 8.93. The Morgan fingerprint density at radius 2 is 1.67 bits per heavy atom. The van der Waals surface area contributed by atoms with Gasteiger partial charge in [-0.05, 0) is 85.0 Å². The van der Waals surface area contributed by atoms with Crippen molar-refractivity contribution in [3.63, 3.8) is 0 Å². The molecule has 1 aliphatic rings. The van der Waals surface area contributed by atoms with Crippen molar-refractivity contribution < 1.29 is 9.15 Å². The number of ether oxygens (including phenoxy) is 1. The van der Waals surface area contributed by atoms with Crippen LogP contribution in [0, 0.1) is 0 Å². The summed E-state index contributed by atoms with van der Waals surface area (Å²) < 4.78 is 13.8. The fourth-order valence-corrected chi connectivity index (χ4v) is 4.99. The molecule has 0 unspecified atom stereocenters. The SMILES string of the molecule is S=C1N[C@H](c2ccccn2)[C@@H](c2cccn2Cc2ccco2)N1c1ccc(Oc2ccccc2)cc1. The van der Waals surface area contributed by atoms with E-state index < -0.39 is 0 Å². The summed E-state index contributed by atoms with van der Waals surface area (Å²) in [6, 6.07) is 31.6. The average molecular weight is 493 g/mol. The molecule has 1 fully saturated rings. The van der Waals surface area contributed by atoms with Crippen molar-refractivity contribution in [2.75, 3.05) is 4.90 Å². The first-order valence-corrected chi connectivity index (χ1v) is 12.2. The van der Waals surface area contributed by atoms with Gasteiger partial charge in [0.05, 0.1) is 24.5 Å². The molecular weight excluding hydrogens is 468 g/mol. The first-order valence-electron chi connectivity index (χ1n) is 11.8. The van der Waals surface area contributed by atoms with Gasteiger partial charge in [-0.3, -0.25) is 4.98 Å². The molecule has 1 aliphatic heterocycles. The van der Waals surface area contributed by atoms with Gasteiger partial charge in [-0.15, -0.1) is 0 Å². The Balaban J connectivity index is 1.36. The zero-order valence-electron chi connectivity index (χ0n) is 19.4. The van der Waals surface area contributed by atoms with Crippen LogP contribution in [0.5, 0.6) is 11.5 Å². The highest BCUT2D eigenvalue weighted by molar-refractivity contribution is 7.80. The second kappa shape index (κ2) is 9.71. The number of benzene rings is 2. The van der Waals surface area contributed by atoms with E-state index in [-0.39, 0.29) is 12.1 Å². The number of hydrogen-bond donors (Lipinski definition) is 1. The van der Waals surface area contributed by atoms with Crippen LogP contribution >= 0.6 is 12.2 Å². The van der Waals surface area contributed by atoms with Crippen LogP contribution in [0.1, 0.15) is 29.2 Å². The lowest BCUT2D eigenvalue weighted by Gasteiger charge is -2.29. The third kappa shape index (κ3) is 4.36. The van der Waals surface area contributed by atoms with Gasteiger partial charge in [0.15, 0.2) is 5.11 Å². The second-order valence-electron chi connectivity index (χ2n) is 8.55. The highest BCUT2D eigenvalue weighted by Crippen LogP contribution is 2.42. The fourth-order valence-electron chi connectivity index (χ4n) is 4.64. The molecule has 0 bridgehead atoms. The van der Waals surface area contributed by atoms with Crippen LogP contribution in [-0.2, 0) is 6.54 Å². The average Bonchev–Trinajstić information content (AvgIpc) is 3.67. The van der Waals surface area contributed by atoms with E-state index >= 15 is 0 Å². The lowest BCUT2D eigenvalue weighted by molar-refractivity contribution is 0.475. The summed E-state index contributed by atoms with van der Waals surface area (Å²) in [4.78, 5) is 6.81. The first kappa shape index (κ1) is 22.1. The maximum Gasteiger partial charge on any atom is 0.174 e. The highest BCUT2D eigenvalue weighted by atomic mass is 32.1. The summed E-state index contributed by atoms with van der Waals surface area (Å²) in [5.41, 5.74) is 3.02. The van der Waals surface area contributed by atoms with E-state index in [0.29, 0.717) is 11.7 Å². The zero-order chi connectivity index (χ0) is 24.3. The monoisotopic (exact) mass is 492 g/mol. The van der Waals surface area contributed by atoms with Crippen LogP contribution in [-0.4, -0.2) is 14.7 Å². The van der Waals surface area contributed by atoms with Gasteiger partial charge in [-0.25, -0.2) is 0 Å². The molecule has 178 valence electrons. The van der Waals surface area contributed by atoms with Gasteiger partial charge in [-0.1, -0.05) is 24.3 Å². The molecule has 0 amide bonds. The topological polar surface area (TPSA) is 55.5 Å². The van der Waals surface area contributed by atoms with Gasteiger partial charge in [0.25, 0.3) is 0 Å². The molecule has 6 nitrogen and oxygen atoms in total. The third-order valence-corrected chi connectivity index (χ3v) is 6.58. The number of thiocarbonyl (C=S) groups is 1. The molecule has 6 rings (SSSR count). The summed E-state index contributed by atoms with van der Waals surface area (Å²) in [5.74, 6) is 2.46. The lowest BCUT2D eigenvalue weighted by atomic mass is 10.0. The van der Waals surface area contributed by atoms with E-state index in [1.54, 1.807) is 6.26 Å². The standard InChI is InChI=1S/C29H24N4O2S/c36-29-31-27(25-11-4-5-17-30-25)28(26-12-6-18-32(26)20-24-10-7-19-34-24)33(29)21-13-15-23(16-14-21)35-22-8-2-1-3-9-22/h1-19,27-28H,20H2,(H,31,36)/t27-,28-/m1/s1. The minimum absolute atomic E-state index is 0.113. The van der Waals surface area contributed by atoms with Crippen molar-refractivity contribution >= 4 is 23.0 Å². The molecule has 5 aromatic rings. The van der Waals surface area contributed by atoms with Gasteiger partial charge in [0, 0.05) is 23.8 Å². The van der Waals surface area contributed by atoms with Crippen LogP contribution in [0.4, 0.5) is 5.69 Å². The van der Waals surface area contributed by atoms with Crippen molar-refractivity contribution in [1.29, 1.82) is 0 Å². The fraction of sp³-hybridized carbons (Fsp3) is 0.103. The normalized spacial score (nSPS) is 17.2. The molecule has 4 heterocycles. The van der Waals surface area contributed by atoms with Crippen LogP contribution in [0.15, 0.2) is 120 Å². The molecular formula is C29H24N4O2S. The van der Waals surface area contributed by atoms with Crippen LogP contribution in [0.25, 0.3) is 0 Å². The van der Waals surface area contributed by atoms with Gasteiger partial charge >= 0.3 is 0 Å². The predicted molar refractivity (Wildman–Crippen MR) is 143 cm³/mol. The Morgan fingerprint density at radius 1 is 0.861 bits per heavy atom. The van der Waals surface area contributed by atoms with Gasteiger partial charge in [0.1, 0.15) is 23.3 Å². The Bertz CT molecular complexity index is 1430. The van der Waals surface area contributed by atoms with Crippen molar-refractivity contribution in [2.24, 2.45) is 0 Å². The van der Waals surface area contributed by atoms with E-state index in [9.17, 15) is 0 Å². The van der Waals surface area contributed by atoms with E-state index in [1.807, 2.05) is 91.1 Å². The van der Waals surface area contributed by atoms with Gasteiger partial charge in [-0.2, -0.15) is 0 Å². The maximum absolute atomic E-state index is 6.00. The maximum atomic E-state index is 6.00. The number of rotatable bonds is 7. The van der Waals surface area contributed by atoms with E-state index in [2.05, 4.69) is 38.1 Å². The molecule has 7 heteroatoms. The highest BCUT2D eigenvalue weighted by Gasteiger charge is 2.42. The number of aromatic nitrogens is 2. The molecule has 0 saturated carbocycles. The Hall–Kier alpha value is -4.36. The van der Waals surface area contributed by atoms with Crippen LogP contribution in [0.2, 0.25) is 0 Å². The van der Waals surface area contributed by atoms with Crippen LogP contribution in [0.3, 0.4) is 0 Å². The number of anilines is 1. The van der Waals surface area contributed by atoms with Crippen LogP contribution < -0.4 is 15.0 Å². The Kier molecular flexibility index (Phi) is 5.97. The smallest absolute Gasteiger partial charge is 0.174 e. The summed E-state index contributed by atoms with van der Waals surface area (Å²) in [6.45, 7) is 0.630. The molecule has 2 aromatic carbocycles. The Morgan fingerprint density at radius 3 is 2.42 bits per heavy atom. The summed E-state index contributed by atoms with van der Waals surface area (Å²) in [5, 5.41) is 4.18. The van der Waals surface area contributed by atoms with Gasteiger partial charge in [0.2, 0.25) is 0 Å². The van der Waals surface area contributed by atoms with Crippen molar-refractivity contribution in [1.82, 2.24) is 14.9 Å². The number of para-hydroxylation sites is 1. The van der Waals surface area contributed by atoms with E-state index in [4.69, 9.17) is 21.4 Å². The quantitative estimate of drug-likeness (QED) is 0.262. The Labute approximate surface area is 214 Å². The number of nitrogens with zero attached hydrogens (tertiary/aromatic N) is 3. The molecule has 36 heavy (non-hydrogen) atoms. The van der Waals surface area contributed by atoms with Crippen molar-refractivity contribution in [3.8, 4) is 11.5 Å². The third-order valence-electron chi connectivity index (χ3n) is 6.27. The number of pyridine rings is 1. The first-order chi connectivity index (χ1) is 17.8. The van der Waals surface area contributed by atoms with E-state index in [1.165, 1.54) is 0 Å². The minimum atomic E-state index is -0.121. The van der Waals surface area contributed by atoms with Gasteiger partial charge < -0.3 is 23.9 Å². The number of furan rings is 1. The molecule has 2 atom stereocenters. The molecule has 1 N–H and O–H groups in total. The van der Waals surface area contributed by atoms with Crippen molar-refractivity contribution in [3.05, 3.63) is 133 Å². The number of nitrogens with one attached hydrogen (secondary N) is 1. The van der Waals surface area contributed by atoms with E-state index in [0.717, 1.165) is 34.3 Å². The minimum Gasteiger partial charge on any atom is -0.467 e. The lowest BCUT2D eigenvalue weighted by Crippen LogP contribution is -2.30. The molecule has 0 aliphatic carbocycles. The summed E-state index contributed by atoms with van der Waals surface area (Å²) in [7, 11) is 0.